The van der Waals surface area contributed by atoms with E-state index in [1.165, 1.54) is 5.56 Å². The first-order chi connectivity index (χ1) is 3.39. The van der Waals surface area contributed by atoms with Crippen LogP contribution in [-0.2, 0) is 0 Å². The molecule has 46 valence electrons. The molecule has 1 aromatic rings. The number of hydrogen-bond acceptors (Lipinski definition) is 0. The molecule has 0 aliphatic rings. The smallest absolute Gasteiger partial charge is 0.358 e. The molecule has 1 rings (SSSR count). The van der Waals surface area contributed by atoms with Crippen molar-refractivity contribution < 1.29 is 31.1 Å². The Morgan fingerprint density at radius 1 is 1.22 bits per heavy atom. The standard InChI is InChI=1S/C7H7.CH3.U/c1-7-5-3-2-4-6-7;;/h3-6H,1H3;1H3;/q2*-1;+2. The zero-order valence-corrected chi connectivity index (χ0v) is 9.97. The van der Waals surface area contributed by atoms with E-state index >= 15 is 0 Å². The Kier molecular flexibility index (Phi) is 8.52. The number of benzene rings is 1. The molecule has 1 heteroatoms. The van der Waals surface area contributed by atoms with Crippen LogP contribution >= 0.6 is 0 Å². The van der Waals surface area contributed by atoms with E-state index in [9.17, 15) is 0 Å². The van der Waals surface area contributed by atoms with Crippen LogP contribution in [-0.4, -0.2) is 0 Å². The summed E-state index contributed by atoms with van der Waals surface area (Å²) in [5, 5.41) is 0. The molecule has 0 unspecified atom stereocenters. The first kappa shape index (κ1) is 12.0. The van der Waals surface area contributed by atoms with Gasteiger partial charge >= 0.3 is 31.1 Å². The Bertz CT molecular complexity index is 134. The Labute approximate surface area is 81.0 Å². The minimum Gasteiger partial charge on any atom is -0.358 e. The molecule has 0 saturated heterocycles. The molecule has 0 fully saturated rings. The van der Waals surface area contributed by atoms with Gasteiger partial charge in [-0.25, -0.2) is 0 Å². The number of aryl methyl sites for hydroxylation is 1. The minimum atomic E-state index is 0. The van der Waals surface area contributed by atoms with E-state index in [4.69, 9.17) is 0 Å². The third kappa shape index (κ3) is 4.76. The molecule has 0 nitrogen and oxygen atoms in total. The van der Waals surface area contributed by atoms with Gasteiger partial charge in [0.15, 0.2) is 0 Å². The molecule has 0 aromatic heterocycles. The van der Waals surface area contributed by atoms with Gasteiger partial charge in [-0.05, 0) is 0 Å². The summed E-state index contributed by atoms with van der Waals surface area (Å²) in [4.78, 5) is 0. The fraction of sp³-hybridized carbons (Fsp3) is 0.125. The molecule has 1 aromatic carbocycles. The van der Waals surface area contributed by atoms with Crippen molar-refractivity contribution in [1.29, 1.82) is 0 Å². The summed E-state index contributed by atoms with van der Waals surface area (Å²) in [5.74, 6) is 0. The zero-order chi connectivity index (χ0) is 5.11. The van der Waals surface area contributed by atoms with Gasteiger partial charge in [0.2, 0.25) is 0 Å². The van der Waals surface area contributed by atoms with E-state index < -0.39 is 0 Å². The number of rotatable bonds is 0. The van der Waals surface area contributed by atoms with Gasteiger partial charge in [-0.1, -0.05) is 6.92 Å². The van der Waals surface area contributed by atoms with E-state index in [1.807, 2.05) is 24.3 Å². The van der Waals surface area contributed by atoms with Crippen molar-refractivity contribution in [1.82, 2.24) is 0 Å². The molecule has 0 radical (unpaired) electrons. The summed E-state index contributed by atoms with van der Waals surface area (Å²) in [7, 11) is 0. The van der Waals surface area contributed by atoms with Gasteiger partial charge in [0.1, 0.15) is 0 Å². The predicted molar refractivity (Wildman–Crippen MR) is 36.4 cm³/mol. The van der Waals surface area contributed by atoms with Crippen molar-refractivity contribution in [2.75, 3.05) is 0 Å². The molecule has 0 atom stereocenters. The molecular weight excluding hydrogens is 334 g/mol. The Morgan fingerprint density at radius 2 is 1.67 bits per heavy atom. The quantitative estimate of drug-likeness (QED) is 0.634. The second-order valence-corrected chi connectivity index (χ2v) is 1.58. The molecule has 0 aliphatic carbocycles. The van der Waals surface area contributed by atoms with Crippen LogP contribution in [0.1, 0.15) is 5.56 Å². The van der Waals surface area contributed by atoms with E-state index in [0.29, 0.717) is 0 Å². The summed E-state index contributed by atoms with van der Waals surface area (Å²) in [6.45, 7) is 2.06. The van der Waals surface area contributed by atoms with Crippen LogP contribution in [0.5, 0.6) is 0 Å². The van der Waals surface area contributed by atoms with Gasteiger partial charge in [0.25, 0.3) is 0 Å². The third-order valence-corrected chi connectivity index (χ3v) is 0.885. The van der Waals surface area contributed by atoms with Gasteiger partial charge < -0.3 is 7.43 Å². The Hall–Kier alpha value is 0.272. The van der Waals surface area contributed by atoms with Crippen LogP contribution in [0, 0.1) is 51.5 Å². The van der Waals surface area contributed by atoms with Crippen LogP contribution in [0.4, 0.5) is 0 Å². The first-order valence-corrected chi connectivity index (χ1v) is 2.32. The van der Waals surface area contributed by atoms with E-state index in [2.05, 4.69) is 13.0 Å². The van der Waals surface area contributed by atoms with Crippen molar-refractivity contribution in [2.24, 2.45) is 0 Å². The van der Waals surface area contributed by atoms with E-state index in [0.717, 1.165) is 0 Å². The zero-order valence-electron chi connectivity index (χ0n) is 5.81. The topological polar surface area (TPSA) is 0 Å². The minimum absolute atomic E-state index is 0. The summed E-state index contributed by atoms with van der Waals surface area (Å²) in [6.07, 6.45) is 0. The Balaban J connectivity index is 0. The molecule has 0 heterocycles. The van der Waals surface area contributed by atoms with Gasteiger partial charge in [-0.3, -0.25) is 0 Å². The van der Waals surface area contributed by atoms with Gasteiger partial charge in [0.05, 0.1) is 0 Å². The maximum atomic E-state index is 2.93. The summed E-state index contributed by atoms with van der Waals surface area (Å²) in [6, 6.07) is 10.8. The van der Waals surface area contributed by atoms with Crippen LogP contribution in [0.2, 0.25) is 0 Å². The van der Waals surface area contributed by atoms with Crippen molar-refractivity contribution in [3.63, 3.8) is 0 Å². The third-order valence-electron chi connectivity index (χ3n) is 0.885. The average Bonchev–Trinajstić information content (AvgIpc) is 1.69. The second kappa shape index (κ2) is 6.39. The molecule has 0 N–H and O–H groups in total. The summed E-state index contributed by atoms with van der Waals surface area (Å²) < 4.78 is 0. The van der Waals surface area contributed by atoms with Gasteiger partial charge in [0, 0.05) is 0 Å². The van der Waals surface area contributed by atoms with E-state index in [-0.39, 0.29) is 38.5 Å². The van der Waals surface area contributed by atoms with Crippen molar-refractivity contribution >= 4 is 0 Å². The normalized spacial score (nSPS) is 6.78. The number of hydrogen-bond donors (Lipinski definition) is 0. The molecule has 0 amide bonds. The van der Waals surface area contributed by atoms with Crippen LogP contribution in [0.15, 0.2) is 24.3 Å². The maximum Gasteiger partial charge on any atom is 2.00 e. The van der Waals surface area contributed by atoms with Crippen LogP contribution < -0.4 is 0 Å². The average molecular weight is 344 g/mol. The van der Waals surface area contributed by atoms with Crippen molar-refractivity contribution in [2.45, 2.75) is 6.92 Å². The Morgan fingerprint density at radius 3 is 1.89 bits per heavy atom. The van der Waals surface area contributed by atoms with Crippen LogP contribution in [0.25, 0.3) is 0 Å². The molecule has 0 bridgehead atoms. The maximum absolute atomic E-state index is 2.93. The van der Waals surface area contributed by atoms with E-state index in [1.54, 1.807) is 0 Å². The fourth-order valence-corrected chi connectivity index (χ4v) is 0.470. The fourth-order valence-electron chi connectivity index (χ4n) is 0.470. The molecular formula is C8H10U. The monoisotopic (exact) mass is 344 g/mol. The largest absolute Gasteiger partial charge is 2.00 e. The first-order valence-electron chi connectivity index (χ1n) is 2.32. The summed E-state index contributed by atoms with van der Waals surface area (Å²) in [5.41, 5.74) is 1.29. The molecule has 0 aliphatic heterocycles. The summed E-state index contributed by atoms with van der Waals surface area (Å²) >= 11 is 0. The van der Waals surface area contributed by atoms with Gasteiger partial charge in [-0.15, -0.1) is 0 Å². The SMILES string of the molecule is Cc1cc[c-]cc1.[CH3-].[U+2]. The predicted octanol–water partition coefficient (Wildman–Crippen LogP) is 2.25. The van der Waals surface area contributed by atoms with Gasteiger partial charge in [-0.2, -0.15) is 35.9 Å². The van der Waals surface area contributed by atoms with Crippen molar-refractivity contribution in [3.8, 4) is 0 Å². The molecule has 0 spiro atoms. The van der Waals surface area contributed by atoms with Crippen LogP contribution in [0.3, 0.4) is 0 Å². The molecule has 0 saturated carbocycles. The van der Waals surface area contributed by atoms with Crippen molar-refractivity contribution in [3.05, 3.63) is 43.3 Å². The molecule has 9 heavy (non-hydrogen) atoms. The second-order valence-electron chi connectivity index (χ2n) is 1.58.